The summed E-state index contributed by atoms with van der Waals surface area (Å²) in [5.41, 5.74) is 1.26. The van der Waals surface area contributed by atoms with E-state index in [9.17, 15) is 4.79 Å². The highest BCUT2D eigenvalue weighted by Gasteiger charge is 2.13. The van der Waals surface area contributed by atoms with Crippen LogP contribution in [0.2, 0.25) is 25.7 Å². The molecule has 7 heteroatoms. The molecule has 5 nitrogen and oxygen atoms in total. The summed E-state index contributed by atoms with van der Waals surface area (Å²) in [7, 11) is -1.07. The third kappa shape index (κ3) is 3.66. The minimum Gasteiger partial charge on any atom is -0.361 e. The number of fused-ring (bicyclic) bond motifs is 1. The standard InChI is InChI=1S/C12H18IN3O2Si/c1-19(2,3)7-6-18-9-15-8-14-10-4-5-16(13)12(17)11(10)15/h4-5,8H,6-7,9H2,1-3H3. The lowest BCUT2D eigenvalue weighted by atomic mass is 10.4. The van der Waals surface area contributed by atoms with Crippen molar-refractivity contribution in [1.82, 2.24) is 12.3 Å². The number of hydrogen-bond donors (Lipinski definition) is 0. The van der Waals surface area contributed by atoms with Crippen molar-refractivity contribution in [2.24, 2.45) is 0 Å². The van der Waals surface area contributed by atoms with E-state index >= 15 is 0 Å². The fourth-order valence-corrected chi connectivity index (χ4v) is 2.84. The molecule has 104 valence electrons. The largest absolute Gasteiger partial charge is 0.361 e. The molecule has 0 aliphatic heterocycles. The van der Waals surface area contributed by atoms with Gasteiger partial charge in [0.2, 0.25) is 0 Å². The number of aromatic nitrogens is 3. The minimum atomic E-state index is -1.07. The highest BCUT2D eigenvalue weighted by atomic mass is 127. The molecule has 0 amide bonds. The quantitative estimate of drug-likeness (QED) is 0.448. The van der Waals surface area contributed by atoms with Crippen molar-refractivity contribution in [3.05, 3.63) is 28.9 Å². The number of hydrogen-bond acceptors (Lipinski definition) is 3. The van der Waals surface area contributed by atoms with Crippen LogP contribution < -0.4 is 5.56 Å². The number of halogens is 1. The van der Waals surface area contributed by atoms with Gasteiger partial charge in [0, 0.05) is 20.9 Å². The zero-order valence-electron chi connectivity index (χ0n) is 11.4. The first-order valence-electron chi connectivity index (χ1n) is 6.19. The molecule has 0 bridgehead atoms. The molecule has 0 fully saturated rings. The van der Waals surface area contributed by atoms with Gasteiger partial charge in [-0.05, 0) is 12.1 Å². The number of pyridine rings is 1. The van der Waals surface area contributed by atoms with Crippen molar-refractivity contribution < 1.29 is 4.74 Å². The van der Waals surface area contributed by atoms with Crippen LogP contribution in [0.1, 0.15) is 0 Å². The van der Waals surface area contributed by atoms with Gasteiger partial charge in [-0.15, -0.1) is 0 Å². The predicted octanol–water partition coefficient (Wildman–Crippen LogP) is 2.71. The number of imidazole rings is 1. The zero-order valence-corrected chi connectivity index (χ0v) is 14.5. The molecule has 19 heavy (non-hydrogen) atoms. The summed E-state index contributed by atoms with van der Waals surface area (Å²) < 4.78 is 8.97. The fraction of sp³-hybridized carbons (Fsp3) is 0.500. The van der Waals surface area contributed by atoms with Crippen molar-refractivity contribution in [3.63, 3.8) is 0 Å². The highest BCUT2D eigenvalue weighted by molar-refractivity contribution is 14.1. The average molecular weight is 391 g/mol. The summed E-state index contributed by atoms with van der Waals surface area (Å²) in [5, 5.41) is 0. The summed E-state index contributed by atoms with van der Waals surface area (Å²) in [5.74, 6) is 0. The van der Waals surface area contributed by atoms with Crippen LogP contribution in [0.3, 0.4) is 0 Å². The van der Waals surface area contributed by atoms with Gasteiger partial charge in [-0.3, -0.25) is 7.58 Å². The van der Waals surface area contributed by atoms with Crippen molar-refractivity contribution in [2.45, 2.75) is 32.4 Å². The summed E-state index contributed by atoms with van der Waals surface area (Å²) >= 11 is 1.97. The van der Waals surface area contributed by atoms with Crippen LogP contribution in [0.25, 0.3) is 11.0 Å². The fourth-order valence-electron chi connectivity index (χ4n) is 1.70. The van der Waals surface area contributed by atoms with Crippen LogP contribution in [0.4, 0.5) is 0 Å². The molecule has 0 aromatic carbocycles. The van der Waals surface area contributed by atoms with Crippen LogP contribution in [0.5, 0.6) is 0 Å². The lowest BCUT2D eigenvalue weighted by Gasteiger charge is -2.15. The van der Waals surface area contributed by atoms with Gasteiger partial charge in [0.05, 0.1) is 34.7 Å². The molecule has 0 spiro atoms. The molecule has 2 rings (SSSR count). The van der Waals surface area contributed by atoms with E-state index in [0.29, 0.717) is 17.8 Å². The van der Waals surface area contributed by atoms with E-state index in [0.717, 1.165) is 12.7 Å². The first-order valence-corrected chi connectivity index (χ1v) is 10.9. The van der Waals surface area contributed by atoms with E-state index in [1.165, 1.54) is 2.78 Å². The molecule has 0 radical (unpaired) electrons. The van der Waals surface area contributed by atoms with Crippen molar-refractivity contribution in [2.75, 3.05) is 6.61 Å². The van der Waals surface area contributed by atoms with Crippen molar-refractivity contribution in [1.29, 1.82) is 0 Å². The molecule has 2 aromatic heterocycles. The predicted molar refractivity (Wildman–Crippen MR) is 87.5 cm³/mol. The van der Waals surface area contributed by atoms with Crippen LogP contribution >= 0.6 is 22.9 Å². The van der Waals surface area contributed by atoms with Gasteiger partial charge >= 0.3 is 0 Å². The monoisotopic (exact) mass is 391 g/mol. The van der Waals surface area contributed by atoms with E-state index in [1.54, 1.807) is 17.1 Å². The molecule has 0 saturated carbocycles. The summed E-state index contributed by atoms with van der Waals surface area (Å²) in [6.45, 7) is 8.07. The zero-order chi connectivity index (χ0) is 14.0. The first-order chi connectivity index (χ1) is 8.88. The van der Waals surface area contributed by atoms with Crippen LogP contribution in [0, 0.1) is 0 Å². The second-order valence-electron chi connectivity index (χ2n) is 5.73. The Balaban J connectivity index is 2.10. The Labute approximate surface area is 127 Å². The lowest BCUT2D eigenvalue weighted by molar-refractivity contribution is 0.0897. The maximum Gasteiger partial charge on any atom is 0.285 e. The van der Waals surface area contributed by atoms with Gasteiger partial charge in [-0.2, -0.15) is 0 Å². The SMILES string of the molecule is C[Si](C)(C)CCOCn1cnc2ccn(I)c(=O)c21. The Kier molecular flexibility index (Phi) is 4.46. The van der Waals surface area contributed by atoms with E-state index in [-0.39, 0.29) is 5.56 Å². The molecule has 0 N–H and O–H groups in total. The molecule has 0 unspecified atom stereocenters. The molecule has 0 saturated heterocycles. The Morgan fingerprint density at radius 1 is 1.42 bits per heavy atom. The van der Waals surface area contributed by atoms with Crippen LogP contribution in [0.15, 0.2) is 23.4 Å². The topological polar surface area (TPSA) is 49.0 Å². The van der Waals surface area contributed by atoms with Crippen molar-refractivity contribution in [3.8, 4) is 0 Å². The normalized spacial score (nSPS) is 12.2. The number of ether oxygens (including phenoxy) is 1. The Bertz CT molecular complexity index is 630. The average Bonchev–Trinajstić information content (AvgIpc) is 2.72. The number of nitrogens with zero attached hydrogens (tertiary/aromatic N) is 3. The van der Waals surface area contributed by atoms with E-state index in [4.69, 9.17) is 4.74 Å². The second-order valence-corrected chi connectivity index (χ2v) is 12.4. The second kappa shape index (κ2) is 5.76. The lowest BCUT2D eigenvalue weighted by Crippen LogP contribution is -2.22. The molecular weight excluding hydrogens is 373 g/mol. The van der Waals surface area contributed by atoms with E-state index in [1.807, 2.05) is 28.9 Å². The molecule has 2 aromatic rings. The molecule has 2 heterocycles. The van der Waals surface area contributed by atoms with Gasteiger partial charge in [0.25, 0.3) is 5.56 Å². The van der Waals surface area contributed by atoms with Gasteiger partial charge in [0.15, 0.2) is 0 Å². The van der Waals surface area contributed by atoms with Gasteiger partial charge in [-0.1, -0.05) is 19.6 Å². The summed E-state index contributed by atoms with van der Waals surface area (Å²) in [6.07, 6.45) is 3.38. The van der Waals surface area contributed by atoms with Gasteiger partial charge in [-0.25, -0.2) is 4.98 Å². The Morgan fingerprint density at radius 2 is 2.16 bits per heavy atom. The molecule has 0 aliphatic rings. The molecular formula is C12H18IN3O2Si. The number of rotatable bonds is 5. The Hall–Kier alpha value is -0.673. The third-order valence-corrected chi connectivity index (χ3v) is 5.32. The third-order valence-electron chi connectivity index (χ3n) is 2.85. The smallest absolute Gasteiger partial charge is 0.285 e. The molecule has 0 aliphatic carbocycles. The highest BCUT2D eigenvalue weighted by Crippen LogP contribution is 2.10. The Morgan fingerprint density at radius 3 is 2.84 bits per heavy atom. The summed E-state index contributed by atoms with van der Waals surface area (Å²) in [6, 6.07) is 2.96. The van der Waals surface area contributed by atoms with Gasteiger partial charge in [0.1, 0.15) is 12.2 Å². The van der Waals surface area contributed by atoms with Gasteiger partial charge < -0.3 is 9.30 Å². The van der Waals surface area contributed by atoms with Crippen LogP contribution in [-0.4, -0.2) is 27.0 Å². The van der Waals surface area contributed by atoms with E-state index < -0.39 is 8.07 Å². The minimum absolute atomic E-state index is 0.0515. The summed E-state index contributed by atoms with van der Waals surface area (Å²) in [4.78, 5) is 16.3. The molecule has 0 atom stereocenters. The van der Waals surface area contributed by atoms with Crippen molar-refractivity contribution >= 4 is 42.0 Å². The first kappa shape index (κ1) is 14.7. The van der Waals surface area contributed by atoms with Crippen LogP contribution in [-0.2, 0) is 11.5 Å². The van der Waals surface area contributed by atoms with E-state index in [2.05, 4.69) is 24.6 Å². The maximum absolute atomic E-state index is 12.0. The maximum atomic E-state index is 12.0.